The average Bonchev–Trinajstić information content (AvgIpc) is 2.71. The number of fused-ring (bicyclic) bond motifs is 2. The predicted molar refractivity (Wildman–Crippen MR) is 105 cm³/mol. The summed E-state index contributed by atoms with van der Waals surface area (Å²) in [6, 6.07) is 12.2. The smallest absolute Gasteiger partial charge is 0.422 e. The molecule has 28 heavy (non-hydrogen) atoms. The molecule has 4 rings (SSSR count). The van der Waals surface area contributed by atoms with Crippen molar-refractivity contribution in [2.45, 2.75) is 5.92 Å². The average molecular weight is 376 g/mol. The monoisotopic (exact) mass is 376 g/mol. The maximum absolute atomic E-state index is 12.8. The summed E-state index contributed by atoms with van der Waals surface area (Å²) in [6.45, 7) is 0.0608. The zero-order valence-corrected chi connectivity index (χ0v) is 14.8. The van der Waals surface area contributed by atoms with Crippen LogP contribution in [0.4, 0.5) is 5.69 Å². The Bertz CT molecular complexity index is 1070. The number of hydrogen-bond acceptors (Lipinski definition) is 6. The van der Waals surface area contributed by atoms with Crippen LogP contribution in [0.2, 0.25) is 0 Å². The SMILES string of the molecule is NCC(C(=O)Nc1ccc2cnccc2c1)c1ccc2c(c1)B(O)ONC2=O. The lowest BCUT2D eigenvalue weighted by Crippen LogP contribution is -2.50. The Hall–Kier alpha value is -3.27. The van der Waals surface area contributed by atoms with Gasteiger partial charge < -0.3 is 16.1 Å². The second-order valence-corrected chi connectivity index (χ2v) is 6.46. The van der Waals surface area contributed by atoms with E-state index in [4.69, 9.17) is 10.5 Å². The number of nitrogens with one attached hydrogen (secondary N) is 2. The van der Waals surface area contributed by atoms with E-state index in [1.54, 1.807) is 36.7 Å². The zero-order chi connectivity index (χ0) is 19.7. The molecule has 5 N–H and O–H groups in total. The van der Waals surface area contributed by atoms with Gasteiger partial charge in [-0.05, 0) is 40.7 Å². The Morgan fingerprint density at radius 2 is 2.11 bits per heavy atom. The van der Waals surface area contributed by atoms with Crippen molar-refractivity contribution < 1.29 is 19.4 Å². The molecular formula is C19H17BN4O4. The third-order valence-electron chi connectivity index (χ3n) is 4.71. The number of nitrogens with two attached hydrogens (primary N) is 1. The standard InChI is InChI=1S/C19H17BN4O4/c21-9-16(12-2-4-15-17(8-12)20(27)28-24-19(15)26)18(25)23-14-3-1-13-10-22-6-5-11(13)7-14/h1-8,10,16,27H,9,21H2,(H,23,25)(H,24,26). The molecule has 0 spiro atoms. The van der Waals surface area contributed by atoms with Crippen LogP contribution in [0.5, 0.6) is 0 Å². The van der Waals surface area contributed by atoms with Crippen molar-refractivity contribution in [1.29, 1.82) is 0 Å². The first-order chi connectivity index (χ1) is 13.6. The van der Waals surface area contributed by atoms with Crippen molar-refractivity contribution >= 4 is 40.9 Å². The number of benzene rings is 2. The van der Waals surface area contributed by atoms with Crippen molar-refractivity contribution in [2.24, 2.45) is 5.73 Å². The van der Waals surface area contributed by atoms with Crippen LogP contribution in [0.25, 0.3) is 10.8 Å². The van der Waals surface area contributed by atoms with E-state index in [1.165, 1.54) is 0 Å². The van der Waals surface area contributed by atoms with Gasteiger partial charge >= 0.3 is 7.12 Å². The van der Waals surface area contributed by atoms with Crippen molar-refractivity contribution in [3.05, 3.63) is 66.0 Å². The molecule has 0 bridgehead atoms. The molecule has 1 aromatic heterocycles. The maximum atomic E-state index is 12.8. The Morgan fingerprint density at radius 1 is 1.25 bits per heavy atom. The highest BCUT2D eigenvalue weighted by Crippen LogP contribution is 2.22. The summed E-state index contributed by atoms with van der Waals surface area (Å²) >= 11 is 0. The fraction of sp³-hybridized carbons (Fsp3) is 0.105. The second kappa shape index (κ2) is 7.39. The molecule has 1 atom stereocenters. The summed E-state index contributed by atoms with van der Waals surface area (Å²) in [5, 5.41) is 14.8. The number of nitrogens with zero attached hydrogens (tertiary/aromatic N) is 1. The van der Waals surface area contributed by atoms with E-state index in [0.29, 0.717) is 22.3 Å². The molecule has 2 aromatic carbocycles. The number of anilines is 1. The van der Waals surface area contributed by atoms with E-state index >= 15 is 0 Å². The molecule has 0 aliphatic carbocycles. The Balaban J connectivity index is 1.60. The van der Waals surface area contributed by atoms with Crippen molar-refractivity contribution in [2.75, 3.05) is 11.9 Å². The van der Waals surface area contributed by atoms with E-state index in [0.717, 1.165) is 10.8 Å². The molecule has 0 fully saturated rings. The lowest BCUT2D eigenvalue weighted by molar-refractivity contribution is -0.117. The minimum absolute atomic E-state index is 0.0608. The number of aromatic nitrogens is 1. The number of pyridine rings is 1. The van der Waals surface area contributed by atoms with Gasteiger partial charge in [0.05, 0.1) is 5.92 Å². The van der Waals surface area contributed by atoms with Crippen LogP contribution in [0.3, 0.4) is 0 Å². The quantitative estimate of drug-likeness (QED) is 0.485. The molecule has 8 nitrogen and oxygen atoms in total. The second-order valence-electron chi connectivity index (χ2n) is 6.46. The van der Waals surface area contributed by atoms with E-state index < -0.39 is 18.9 Å². The predicted octanol–water partition coefficient (Wildman–Crippen LogP) is 0.278. The first-order valence-corrected chi connectivity index (χ1v) is 8.69. The maximum Gasteiger partial charge on any atom is 0.515 e. The summed E-state index contributed by atoms with van der Waals surface area (Å²) in [4.78, 5) is 28.7. The van der Waals surface area contributed by atoms with Crippen LogP contribution in [0.1, 0.15) is 21.8 Å². The van der Waals surface area contributed by atoms with E-state index in [-0.39, 0.29) is 12.5 Å². The molecule has 0 saturated carbocycles. The lowest BCUT2D eigenvalue weighted by Gasteiger charge is -2.21. The van der Waals surface area contributed by atoms with Gasteiger partial charge in [-0.3, -0.25) is 19.3 Å². The number of hydrogen-bond donors (Lipinski definition) is 4. The van der Waals surface area contributed by atoms with Gasteiger partial charge in [-0.2, -0.15) is 0 Å². The fourth-order valence-electron chi connectivity index (χ4n) is 3.22. The van der Waals surface area contributed by atoms with Gasteiger partial charge in [0, 0.05) is 35.6 Å². The van der Waals surface area contributed by atoms with Gasteiger partial charge in [0.2, 0.25) is 5.91 Å². The number of carbonyl (C=O) groups is 2. The fourth-order valence-corrected chi connectivity index (χ4v) is 3.22. The van der Waals surface area contributed by atoms with Crippen LogP contribution in [0, 0.1) is 0 Å². The minimum atomic E-state index is -1.30. The van der Waals surface area contributed by atoms with Gasteiger partial charge in [0.25, 0.3) is 5.91 Å². The molecule has 0 saturated heterocycles. The summed E-state index contributed by atoms with van der Waals surface area (Å²) in [7, 11) is -1.30. The summed E-state index contributed by atoms with van der Waals surface area (Å²) < 4.78 is 4.80. The third-order valence-corrected chi connectivity index (χ3v) is 4.71. The Kier molecular flexibility index (Phi) is 4.78. The zero-order valence-electron chi connectivity index (χ0n) is 14.8. The van der Waals surface area contributed by atoms with Gasteiger partial charge in [0.15, 0.2) is 0 Å². The Labute approximate surface area is 160 Å². The summed E-state index contributed by atoms with van der Waals surface area (Å²) in [5.74, 6) is -1.39. The molecule has 3 aromatic rings. The number of amides is 2. The number of rotatable bonds is 4. The molecule has 2 amide bonds. The molecule has 0 radical (unpaired) electrons. The molecular weight excluding hydrogens is 359 g/mol. The molecule has 1 aliphatic heterocycles. The molecule has 1 aliphatic rings. The summed E-state index contributed by atoms with van der Waals surface area (Å²) in [6.07, 6.45) is 3.44. The van der Waals surface area contributed by atoms with Gasteiger partial charge in [-0.25, -0.2) is 5.48 Å². The van der Waals surface area contributed by atoms with E-state index in [2.05, 4.69) is 15.8 Å². The topological polar surface area (TPSA) is 127 Å². The van der Waals surface area contributed by atoms with Crippen LogP contribution >= 0.6 is 0 Å². The van der Waals surface area contributed by atoms with Gasteiger partial charge in [-0.1, -0.05) is 18.2 Å². The van der Waals surface area contributed by atoms with E-state index in [9.17, 15) is 14.6 Å². The van der Waals surface area contributed by atoms with Crippen LogP contribution < -0.4 is 22.0 Å². The molecule has 2 heterocycles. The van der Waals surface area contributed by atoms with Gasteiger partial charge in [0.1, 0.15) is 0 Å². The summed E-state index contributed by atoms with van der Waals surface area (Å²) in [5.41, 5.74) is 9.79. The Morgan fingerprint density at radius 3 is 2.93 bits per heavy atom. The molecule has 1 unspecified atom stereocenters. The largest absolute Gasteiger partial charge is 0.515 e. The number of hydroxylamine groups is 1. The first-order valence-electron chi connectivity index (χ1n) is 8.69. The van der Waals surface area contributed by atoms with Crippen molar-refractivity contribution in [3.8, 4) is 0 Å². The highest BCUT2D eigenvalue weighted by Gasteiger charge is 2.31. The highest BCUT2D eigenvalue weighted by atomic mass is 16.7. The van der Waals surface area contributed by atoms with Crippen LogP contribution in [-0.2, 0) is 9.55 Å². The van der Waals surface area contributed by atoms with Gasteiger partial charge in [-0.15, -0.1) is 0 Å². The lowest BCUT2D eigenvalue weighted by atomic mass is 9.74. The van der Waals surface area contributed by atoms with Crippen LogP contribution in [0.15, 0.2) is 54.9 Å². The first kappa shape index (κ1) is 18.1. The van der Waals surface area contributed by atoms with Crippen molar-refractivity contribution in [1.82, 2.24) is 10.5 Å². The normalized spacial score (nSPS) is 14.4. The molecule has 140 valence electrons. The number of carbonyl (C=O) groups excluding carboxylic acids is 2. The molecule has 9 heteroatoms. The van der Waals surface area contributed by atoms with E-state index in [1.807, 2.05) is 18.2 Å². The highest BCUT2D eigenvalue weighted by molar-refractivity contribution is 6.62. The van der Waals surface area contributed by atoms with Crippen molar-refractivity contribution in [3.63, 3.8) is 0 Å². The third kappa shape index (κ3) is 3.34. The van der Waals surface area contributed by atoms with Crippen LogP contribution in [-0.4, -0.2) is 35.5 Å². The minimum Gasteiger partial charge on any atom is -0.422 e.